The number of carbonyl (C=O) groups excluding carboxylic acids is 1. The zero-order valence-corrected chi connectivity index (χ0v) is 12.3. The summed E-state index contributed by atoms with van der Waals surface area (Å²) in [5.74, 6) is -0.210. The normalized spacial score (nSPS) is 11.2. The van der Waals surface area contributed by atoms with Crippen molar-refractivity contribution in [1.82, 2.24) is 14.3 Å². The Hall–Kier alpha value is -1.88. The summed E-state index contributed by atoms with van der Waals surface area (Å²) in [6, 6.07) is 4.05. The molecule has 2 rings (SSSR count). The Labute approximate surface area is 119 Å². The molecule has 0 radical (unpaired) electrons. The van der Waals surface area contributed by atoms with Gasteiger partial charge in [-0.2, -0.15) is 0 Å². The zero-order valence-electron chi connectivity index (χ0n) is 12.3. The molecule has 0 bridgehead atoms. The molecule has 0 unspecified atom stereocenters. The van der Waals surface area contributed by atoms with Crippen LogP contribution in [0.5, 0.6) is 0 Å². The van der Waals surface area contributed by atoms with Gasteiger partial charge in [-0.1, -0.05) is 13.0 Å². The Kier molecular flexibility index (Phi) is 4.74. The molecule has 0 aromatic carbocycles. The van der Waals surface area contributed by atoms with Crippen molar-refractivity contribution in [2.75, 3.05) is 20.2 Å². The molecule has 0 spiro atoms. The second-order valence-electron chi connectivity index (χ2n) is 4.99. The molecule has 0 saturated carbocycles. The molecule has 0 aliphatic rings. The summed E-state index contributed by atoms with van der Waals surface area (Å²) in [6.07, 6.45) is 5.06. The highest BCUT2D eigenvalue weighted by molar-refractivity contribution is 5.71. The van der Waals surface area contributed by atoms with E-state index >= 15 is 0 Å². The molecule has 2 heterocycles. The second-order valence-corrected chi connectivity index (χ2v) is 4.99. The monoisotopic (exact) mass is 275 g/mol. The van der Waals surface area contributed by atoms with Gasteiger partial charge in [-0.05, 0) is 31.5 Å². The number of carbonyl (C=O) groups is 1. The molecule has 0 saturated heterocycles. The molecule has 5 nitrogen and oxygen atoms in total. The van der Waals surface area contributed by atoms with Gasteiger partial charge in [0.25, 0.3) is 0 Å². The van der Waals surface area contributed by atoms with Gasteiger partial charge in [0.1, 0.15) is 5.65 Å². The number of ether oxygens (including phenoxy) is 1. The lowest BCUT2D eigenvalue weighted by molar-refractivity contribution is -0.142. The van der Waals surface area contributed by atoms with Crippen LogP contribution in [-0.2, 0) is 16.1 Å². The Morgan fingerprint density at radius 2 is 2.20 bits per heavy atom. The lowest BCUT2D eigenvalue weighted by Gasteiger charge is -2.18. The van der Waals surface area contributed by atoms with Gasteiger partial charge in [-0.15, -0.1) is 0 Å². The molecule has 0 aliphatic carbocycles. The van der Waals surface area contributed by atoms with E-state index in [0.717, 1.165) is 24.3 Å². The fourth-order valence-electron chi connectivity index (χ4n) is 2.24. The van der Waals surface area contributed by atoms with Crippen LogP contribution in [-0.4, -0.2) is 40.5 Å². The summed E-state index contributed by atoms with van der Waals surface area (Å²) < 4.78 is 6.75. The van der Waals surface area contributed by atoms with Crippen molar-refractivity contribution >= 4 is 11.6 Å². The van der Waals surface area contributed by atoms with Gasteiger partial charge < -0.3 is 9.14 Å². The van der Waals surface area contributed by atoms with Gasteiger partial charge in [-0.3, -0.25) is 9.69 Å². The number of pyridine rings is 1. The van der Waals surface area contributed by atoms with Crippen molar-refractivity contribution < 1.29 is 9.53 Å². The van der Waals surface area contributed by atoms with Gasteiger partial charge in [0.05, 0.1) is 19.3 Å². The Morgan fingerprint density at radius 3 is 2.90 bits per heavy atom. The Bertz CT molecular complexity index is 592. The van der Waals surface area contributed by atoms with Gasteiger partial charge in [0, 0.05) is 18.9 Å². The minimum absolute atomic E-state index is 0.210. The maximum atomic E-state index is 11.4. The lowest BCUT2D eigenvalue weighted by atomic mass is 10.3. The SMILES string of the molecule is CCCN(CC(=O)OC)Cc1cn2cc(C)ccc2n1. The van der Waals surface area contributed by atoms with Crippen LogP contribution in [0.25, 0.3) is 5.65 Å². The molecule has 2 aromatic heterocycles. The minimum Gasteiger partial charge on any atom is -0.468 e. The highest BCUT2D eigenvalue weighted by atomic mass is 16.5. The third-order valence-corrected chi connectivity index (χ3v) is 3.15. The predicted octanol–water partition coefficient (Wildman–Crippen LogP) is 2.03. The third kappa shape index (κ3) is 3.57. The third-order valence-electron chi connectivity index (χ3n) is 3.15. The molecule has 20 heavy (non-hydrogen) atoms. The fourth-order valence-corrected chi connectivity index (χ4v) is 2.24. The maximum absolute atomic E-state index is 11.4. The predicted molar refractivity (Wildman–Crippen MR) is 77.5 cm³/mol. The quantitative estimate of drug-likeness (QED) is 0.757. The maximum Gasteiger partial charge on any atom is 0.319 e. The van der Waals surface area contributed by atoms with E-state index in [9.17, 15) is 4.79 Å². The lowest BCUT2D eigenvalue weighted by Crippen LogP contribution is -2.31. The summed E-state index contributed by atoms with van der Waals surface area (Å²) in [5, 5.41) is 0. The smallest absolute Gasteiger partial charge is 0.319 e. The van der Waals surface area contributed by atoms with Gasteiger partial charge >= 0.3 is 5.97 Å². The van der Waals surface area contributed by atoms with E-state index in [-0.39, 0.29) is 5.97 Å². The van der Waals surface area contributed by atoms with Crippen molar-refractivity contribution in [2.24, 2.45) is 0 Å². The van der Waals surface area contributed by atoms with Gasteiger partial charge in [0.2, 0.25) is 0 Å². The van der Waals surface area contributed by atoms with Gasteiger partial charge in [0.15, 0.2) is 0 Å². The molecule has 0 N–H and O–H groups in total. The van der Waals surface area contributed by atoms with Crippen LogP contribution in [0.4, 0.5) is 0 Å². The number of aromatic nitrogens is 2. The average molecular weight is 275 g/mol. The van der Waals surface area contributed by atoms with Crippen molar-refractivity contribution in [3.63, 3.8) is 0 Å². The van der Waals surface area contributed by atoms with E-state index in [0.29, 0.717) is 13.1 Å². The van der Waals surface area contributed by atoms with Crippen LogP contribution in [0.2, 0.25) is 0 Å². The summed E-state index contributed by atoms with van der Waals surface area (Å²) in [6.45, 7) is 5.96. The van der Waals surface area contributed by atoms with E-state index in [4.69, 9.17) is 4.74 Å². The van der Waals surface area contributed by atoms with E-state index < -0.39 is 0 Å². The van der Waals surface area contributed by atoms with E-state index in [1.807, 2.05) is 22.7 Å². The molecule has 108 valence electrons. The number of nitrogens with zero attached hydrogens (tertiary/aromatic N) is 3. The molecule has 0 atom stereocenters. The van der Waals surface area contributed by atoms with E-state index in [1.54, 1.807) is 0 Å². The first-order valence-electron chi connectivity index (χ1n) is 6.85. The molecule has 0 fully saturated rings. The van der Waals surface area contributed by atoms with E-state index in [2.05, 4.69) is 29.9 Å². The Balaban J connectivity index is 2.13. The molecule has 0 aliphatic heterocycles. The highest BCUT2D eigenvalue weighted by Gasteiger charge is 2.12. The summed E-state index contributed by atoms with van der Waals surface area (Å²) in [5.41, 5.74) is 3.09. The first kappa shape index (κ1) is 14.5. The number of fused-ring (bicyclic) bond motifs is 1. The number of rotatable bonds is 6. The summed E-state index contributed by atoms with van der Waals surface area (Å²) >= 11 is 0. The molecule has 5 heteroatoms. The van der Waals surface area contributed by atoms with Crippen LogP contribution in [0.1, 0.15) is 24.6 Å². The number of imidazole rings is 1. The summed E-state index contributed by atoms with van der Waals surface area (Å²) in [7, 11) is 1.42. The fraction of sp³-hybridized carbons (Fsp3) is 0.467. The largest absolute Gasteiger partial charge is 0.468 e. The Morgan fingerprint density at radius 1 is 1.40 bits per heavy atom. The summed E-state index contributed by atoms with van der Waals surface area (Å²) in [4.78, 5) is 18.0. The number of esters is 1. The van der Waals surface area contributed by atoms with Crippen molar-refractivity contribution in [2.45, 2.75) is 26.8 Å². The van der Waals surface area contributed by atoms with Crippen molar-refractivity contribution in [1.29, 1.82) is 0 Å². The molecule has 0 amide bonds. The van der Waals surface area contributed by atoms with Gasteiger partial charge in [-0.25, -0.2) is 4.98 Å². The van der Waals surface area contributed by atoms with E-state index in [1.165, 1.54) is 12.7 Å². The highest BCUT2D eigenvalue weighted by Crippen LogP contribution is 2.10. The number of methoxy groups -OCH3 is 1. The molecule has 2 aromatic rings. The first-order chi connectivity index (χ1) is 9.62. The first-order valence-corrected chi connectivity index (χ1v) is 6.85. The standard InChI is InChI=1S/C15H21N3O2/c1-4-7-17(11-15(19)20-3)9-13-10-18-8-12(2)5-6-14(18)16-13/h5-6,8,10H,4,7,9,11H2,1-3H3. The van der Waals surface area contributed by atoms with Crippen LogP contribution in [0, 0.1) is 6.92 Å². The zero-order chi connectivity index (χ0) is 14.5. The van der Waals surface area contributed by atoms with Crippen LogP contribution < -0.4 is 0 Å². The average Bonchev–Trinajstić information content (AvgIpc) is 2.80. The number of aryl methyl sites for hydroxylation is 1. The minimum atomic E-state index is -0.210. The molecular weight excluding hydrogens is 254 g/mol. The molecular formula is C15H21N3O2. The van der Waals surface area contributed by atoms with Crippen molar-refractivity contribution in [3.8, 4) is 0 Å². The second kappa shape index (κ2) is 6.52. The van der Waals surface area contributed by atoms with Crippen molar-refractivity contribution in [3.05, 3.63) is 35.8 Å². The number of hydrogen-bond donors (Lipinski definition) is 0. The van der Waals surface area contributed by atoms with Crippen LogP contribution in [0.15, 0.2) is 24.5 Å². The topological polar surface area (TPSA) is 46.8 Å². The van der Waals surface area contributed by atoms with Crippen LogP contribution in [0.3, 0.4) is 0 Å². The number of hydrogen-bond acceptors (Lipinski definition) is 4. The van der Waals surface area contributed by atoms with Crippen LogP contribution >= 0.6 is 0 Å².